The first-order valence-electron chi connectivity index (χ1n) is 11.1. The molecule has 7 heteroatoms. The van der Waals surface area contributed by atoms with Crippen LogP contribution in [0.3, 0.4) is 0 Å². The molecule has 0 atom stereocenters. The van der Waals surface area contributed by atoms with E-state index in [2.05, 4.69) is 33.3 Å². The lowest BCUT2D eigenvalue weighted by atomic mass is 10.0. The third kappa shape index (κ3) is 7.37. The molecule has 1 aliphatic heterocycles. The average molecular weight is 439 g/mol. The summed E-state index contributed by atoms with van der Waals surface area (Å²) < 4.78 is 5.76. The van der Waals surface area contributed by atoms with Crippen LogP contribution in [-0.2, 0) is 11.3 Å². The number of para-hydroxylation sites is 1. The fourth-order valence-corrected chi connectivity index (χ4v) is 3.76. The highest BCUT2D eigenvalue weighted by molar-refractivity contribution is 5.91. The predicted octanol–water partition coefficient (Wildman–Crippen LogP) is 2.90. The molecule has 0 radical (unpaired) electrons. The van der Waals surface area contributed by atoms with Crippen molar-refractivity contribution in [1.29, 1.82) is 0 Å². The maximum Gasteiger partial charge on any atom is 0.267 e. The van der Waals surface area contributed by atoms with Gasteiger partial charge in [-0.2, -0.15) is 0 Å². The fraction of sp³-hybridized carbons (Fsp3) is 0.400. The lowest BCUT2D eigenvalue weighted by Crippen LogP contribution is -2.42. The van der Waals surface area contributed by atoms with Crippen LogP contribution in [0.25, 0.3) is 6.08 Å². The summed E-state index contributed by atoms with van der Waals surface area (Å²) in [5.41, 5.74) is 4.96. The predicted molar refractivity (Wildman–Crippen MR) is 128 cm³/mol. The number of rotatable bonds is 10. The Morgan fingerprint density at radius 1 is 1.16 bits per heavy atom. The maximum atomic E-state index is 11.3. The molecule has 172 valence electrons. The first-order chi connectivity index (χ1) is 15.5. The Labute approximate surface area is 190 Å². The van der Waals surface area contributed by atoms with Gasteiger partial charge in [0.1, 0.15) is 12.4 Å². The minimum atomic E-state index is -0.532. The minimum Gasteiger partial charge on any atom is -0.492 e. The van der Waals surface area contributed by atoms with Crippen molar-refractivity contribution in [2.45, 2.75) is 25.4 Å². The highest BCUT2D eigenvalue weighted by Gasteiger charge is 2.20. The number of hydrogen-bond donors (Lipinski definition) is 3. The molecule has 3 rings (SSSR count). The molecule has 0 unspecified atom stereocenters. The van der Waals surface area contributed by atoms with Gasteiger partial charge in [-0.25, -0.2) is 5.48 Å². The van der Waals surface area contributed by atoms with Gasteiger partial charge >= 0.3 is 0 Å². The van der Waals surface area contributed by atoms with Crippen molar-refractivity contribution in [3.05, 3.63) is 65.7 Å². The highest BCUT2D eigenvalue weighted by Crippen LogP contribution is 2.25. The molecule has 1 fully saturated rings. The molecule has 0 spiro atoms. The molecule has 0 aliphatic carbocycles. The number of benzene rings is 2. The molecule has 0 aromatic heterocycles. The molecule has 2 aromatic carbocycles. The number of anilines is 1. The summed E-state index contributed by atoms with van der Waals surface area (Å²) in [6.45, 7) is 4.34. The van der Waals surface area contributed by atoms with Crippen molar-refractivity contribution < 1.29 is 14.7 Å². The van der Waals surface area contributed by atoms with Gasteiger partial charge in [-0.05, 0) is 62.3 Å². The molecule has 1 amide bonds. The summed E-state index contributed by atoms with van der Waals surface area (Å²) in [5.74, 6) is 0.379. The van der Waals surface area contributed by atoms with Crippen LogP contribution in [0.1, 0.15) is 24.0 Å². The summed E-state index contributed by atoms with van der Waals surface area (Å²) in [5, 5.41) is 12.4. The van der Waals surface area contributed by atoms with Crippen molar-refractivity contribution in [2.24, 2.45) is 0 Å². The monoisotopic (exact) mass is 438 g/mol. The summed E-state index contributed by atoms with van der Waals surface area (Å²) in [4.78, 5) is 15.8. The third-order valence-electron chi connectivity index (χ3n) is 5.62. The van der Waals surface area contributed by atoms with E-state index in [-0.39, 0.29) is 0 Å². The molecule has 32 heavy (non-hydrogen) atoms. The average Bonchev–Trinajstić information content (AvgIpc) is 2.82. The van der Waals surface area contributed by atoms with Gasteiger partial charge in [0.25, 0.3) is 5.91 Å². The minimum absolute atomic E-state index is 0.477. The molecule has 7 nitrogen and oxygen atoms in total. The van der Waals surface area contributed by atoms with Gasteiger partial charge in [-0.1, -0.05) is 30.3 Å². The first kappa shape index (κ1) is 23.8. The number of nitrogens with one attached hydrogen (secondary N) is 2. The van der Waals surface area contributed by atoms with Crippen LogP contribution in [-0.4, -0.2) is 62.4 Å². The summed E-state index contributed by atoms with van der Waals surface area (Å²) >= 11 is 0. The van der Waals surface area contributed by atoms with Crippen molar-refractivity contribution in [2.75, 3.05) is 45.2 Å². The second-order valence-corrected chi connectivity index (χ2v) is 8.31. The normalized spacial score (nSPS) is 14.8. The van der Waals surface area contributed by atoms with E-state index in [1.54, 1.807) is 11.6 Å². The molecule has 0 bridgehead atoms. The summed E-state index contributed by atoms with van der Waals surface area (Å²) in [7, 11) is 4.08. The van der Waals surface area contributed by atoms with Gasteiger partial charge in [0.15, 0.2) is 0 Å². The van der Waals surface area contributed by atoms with Crippen LogP contribution in [0.5, 0.6) is 5.75 Å². The second-order valence-electron chi connectivity index (χ2n) is 8.31. The maximum absolute atomic E-state index is 11.3. The number of likely N-dealkylation sites (N-methyl/N-ethyl adjacent to an activating group) is 1. The number of nitrogens with zero attached hydrogens (tertiary/aromatic N) is 2. The van der Waals surface area contributed by atoms with Crippen molar-refractivity contribution >= 4 is 17.7 Å². The largest absolute Gasteiger partial charge is 0.492 e. The Morgan fingerprint density at radius 2 is 1.88 bits per heavy atom. The Kier molecular flexibility index (Phi) is 9.10. The van der Waals surface area contributed by atoms with Crippen molar-refractivity contribution in [3.8, 4) is 5.75 Å². The quantitative estimate of drug-likeness (QED) is 0.301. The lowest BCUT2D eigenvalue weighted by molar-refractivity contribution is -0.124. The standard InChI is InChI=1S/C25H34N4O3/c1-28(2)17-18-32-23-10-7-20(8-11-23)19-26-22-13-15-29(16-14-22)24-6-4-3-5-21(24)9-12-25(30)27-31/h3-12,22,26,31H,13-19H2,1-2H3,(H,27,30). The van der Waals surface area contributed by atoms with Crippen LogP contribution < -0.4 is 20.4 Å². The first-order valence-corrected chi connectivity index (χ1v) is 11.1. The Balaban J connectivity index is 1.46. The number of hydrogen-bond acceptors (Lipinski definition) is 6. The third-order valence-corrected chi connectivity index (χ3v) is 5.62. The van der Waals surface area contributed by atoms with Crippen LogP contribution in [0.15, 0.2) is 54.6 Å². The van der Waals surface area contributed by atoms with Gasteiger partial charge in [0.05, 0.1) is 0 Å². The van der Waals surface area contributed by atoms with E-state index in [4.69, 9.17) is 9.94 Å². The fourth-order valence-electron chi connectivity index (χ4n) is 3.76. The van der Waals surface area contributed by atoms with Gasteiger partial charge in [-0.15, -0.1) is 0 Å². The number of carbonyl (C=O) groups is 1. The van der Waals surface area contributed by atoms with Crippen LogP contribution in [0, 0.1) is 0 Å². The number of carbonyl (C=O) groups excluding carboxylic acids is 1. The molecular formula is C25H34N4O3. The van der Waals surface area contributed by atoms with E-state index in [9.17, 15) is 4.79 Å². The number of piperidine rings is 1. The van der Waals surface area contributed by atoms with Crippen LogP contribution >= 0.6 is 0 Å². The van der Waals surface area contributed by atoms with Gasteiger partial charge in [0, 0.05) is 44.0 Å². The van der Waals surface area contributed by atoms with Gasteiger partial charge in [-0.3, -0.25) is 10.0 Å². The Morgan fingerprint density at radius 3 is 2.56 bits per heavy atom. The van der Waals surface area contributed by atoms with E-state index in [0.29, 0.717) is 12.6 Å². The molecule has 2 aromatic rings. The number of ether oxygens (including phenoxy) is 1. The van der Waals surface area contributed by atoms with E-state index in [0.717, 1.165) is 56.0 Å². The highest BCUT2D eigenvalue weighted by atomic mass is 16.5. The van der Waals surface area contributed by atoms with Crippen molar-refractivity contribution in [3.63, 3.8) is 0 Å². The van der Waals surface area contributed by atoms with Gasteiger partial charge < -0.3 is 19.9 Å². The topological polar surface area (TPSA) is 77.1 Å². The second kappa shape index (κ2) is 12.2. The molecular weight excluding hydrogens is 404 g/mol. The molecule has 1 aliphatic rings. The summed E-state index contributed by atoms with van der Waals surface area (Å²) in [6.07, 6.45) is 5.19. The zero-order chi connectivity index (χ0) is 22.8. The summed E-state index contributed by atoms with van der Waals surface area (Å²) in [6, 6.07) is 16.8. The van der Waals surface area contributed by atoms with E-state index in [1.165, 1.54) is 11.6 Å². The number of hydroxylamine groups is 1. The van der Waals surface area contributed by atoms with Gasteiger partial charge in [0.2, 0.25) is 0 Å². The number of amides is 1. The molecule has 1 saturated heterocycles. The Hall–Kier alpha value is -2.87. The zero-order valence-corrected chi connectivity index (χ0v) is 19.0. The van der Waals surface area contributed by atoms with E-state index >= 15 is 0 Å². The van der Waals surface area contributed by atoms with E-state index < -0.39 is 5.91 Å². The van der Waals surface area contributed by atoms with E-state index in [1.807, 2.05) is 44.4 Å². The molecule has 1 heterocycles. The smallest absolute Gasteiger partial charge is 0.267 e. The molecule has 0 saturated carbocycles. The zero-order valence-electron chi connectivity index (χ0n) is 19.0. The molecule has 3 N–H and O–H groups in total. The van der Waals surface area contributed by atoms with Crippen LogP contribution in [0.4, 0.5) is 5.69 Å². The van der Waals surface area contributed by atoms with Crippen LogP contribution in [0.2, 0.25) is 0 Å². The Bertz CT molecular complexity index is 875. The SMILES string of the molecule is CN(C)CCOc1ccc(CNC2CCN(c3ccccc3C=CC(=O)NO)CC2)cc1. The lowest BCUT2D eigenvalue weighted by Gasteiger charge is -2.35. The van der Waals surface area contributed by atoms with Crippen molar-refractivity contribution in [1.82, 2.24) is 15.7 Å².